The van der Waals surface area contributed by atoms with Crippen LogP contribution in [0.4, 0.5) is 17.3 Å². The molecular weight excluding hydrogens is 382 g/mol. The minimum absolute atomic E-state index is 0.162. The van der Waals surface area contributed by atoms with Gasteiger partial charge in [-0.15, -0.1) is 0 Å². The monoisotopic (exact) mass is 411 g/mol. The highest BCUT2D eigenvalue weighted by atomic mass is 32.2. The zero-order chi connectivity index (χ0) is 19.9. The van der Waals surface area contributed by atoms with Gasteiger partial charge in [0.25, 0.3) is 0 Å². The molecule has 2 N–H and O–H groups in total. The summed E-state index contributed by atoms with van der Waals surface area (Å²) in [6.07, 6.45) is 7.24. The van der Waals surface area contributed by atoms with E-state index in [0.29, 0.717) is 6.54 Å². The maximum atomic E-state index is 12.5. The highest BCUT2D eigenvalue weighted by molar-refractivity contribution is 7.99. The van der Waals surface area contributed by atoms with Crippen LogP contribution in [0.25, 0.3) is 0 Å². The van der Waals surface area contributed by atoms with E-state index in [0.717, 1.165) is 60.3 Å². The topological polar surface area (TPSA) is 70.2 Å². The SMILES string of the molecule is O=C(Nc1cccc(CNc2cc(N3CCSCC3)ncn2)c1)C1CCCCC1. The molecule has 29 heavy (non-hydrogen) atoms. The van der Waals surface area contributed by atoms with Crippen molar-refractivity contribution < 1.29 is 4.79 Å². The van der Waals surface area contributed by atoms with E-state index in [-0.39, 0.29) is 11.8 Å². The van der Waals surface area contributed by atoms with E-state index < -0.39 is 0 Å². The quantitative estimate of drug-likeness (QED) is 0.744. The third kappa shape index (κ3) is 5.63. The van der Waals surface area contributed by atoms with Crippen molar-refractivity contribution in [3.05, 3.63) is 42.2 Å². The summed E-state index contributed by atoms with van der Waals surface area (Å²) >= 11 is 1.99. The molecule has 1 saturated heterocycles. The second-order valence-corrected chi connectivity index (χ2v) is 8.96. The summed E-state index contributed by atoms with van der Waals surface area (Å²) in [6, 6.07) is 10.1. The first-order valence-corrected chi connectivity index (χ1v) is 11.7. The lowest BCUT2D eigenvalue weighted by atomic mass is 9.88. The van der Waals surface area contributed by atoms with Crippen molar-refractivity contribution in [2.75, 3.05) is 40.1 Å². The summed E-state index contributed by atoms with van der Waals surface area (Å²) in [5.74, 6) is 4.42. The molecule has 154 valence electrons. The zero-order valence-electron chi connectivity index (χ0n) is 16.8. The van der Waals surface area contributed by atoms with Gasteiger partial charge < -0.3 is 15.5 Å². The molecule has 2 heterocycles. The average molecular weight is 412 g/mol. The fourth-order valence-electron chi connectivity index (χ4n) is 3.97. The number of nitrogens with one attached hydrogen (secondary N) is 2. The Bertz CT molecular complexity index is 818. The summed E-state index contributed by atoms with van der Waals surface area (Å²) < 4.78 is 0. The summed E-state index contributed by atoms with van der Waals surface area (Å²) in [5, 5.41) is 6.49. The van der Waals surface area contributed by atoms with Crippen LogP contribution in [-0.2, 0) is 11.3 Å². The van der Waals surface area contributed by atoms with Crippen LogP contribution in [0.5, 0.6) is 0 Å². The van der Waals surface area contributed by atoms with Gasteiger partial charge in [0.1, 0.15) is 18.0 Å². The lowest BCUT2D eigenvalue weighted by Crippen LogP contribution is -2.33. The van der Waals surface area contributed by atoms with Gasteiger partial charge in [-0.05, 0) is 30.5 Å². The number of rotatable bonds is 6. The van der Waals surface area contributed by atoms with E-state index in [9.17, 15) is 4.79 Å². The van der Waals surface area contributed by atoms with Crippen molar-refractivity contribution in [3.8, 4) is 0 Å². The number of hydrogen-bond donors (Lipinski definition) is 2. The largest absolute Gasteiger partial charge is 0.366 e. The van der Waals surface area contributed by atoms with E-state index >= 15 is 0 Å². The van der Waals surface area contributed by atoms with Gasteiger partial charge in [-0.1, -0.05) is 31.4 Å². The Labute approximate surface area is 176 Å². The number of nitrogens with zero attached hydrogens (tertiary/aromatic N) is 3. The van der Waals surface area contributed by atoms with Gasteiger partial charge in [0.2, 0.25) is 5.91 Å². The van der Waals surface area contributed by atoms with Crippen LogP contribution in [0.1, 0.15) is 37.7 Å². The fraction of sp³-hybridized carbons (Fsp3) is 0.500. The van der Waals surface area contributed by atoms with Crippen molar-refractivity contribution in [2.24, 2.45) is 5.92 Å². The number of amides is 1. The molecule has 2 aliphatic rings. The molecule has 1 amide bonds. The molecule has 0 radical (unpaired) electrons. The van der Waals surface area contributed by atoms with Gasteiger partial charge in [0.15, 0.2) is 0 Å². The predicted octanol–water partition coefficient (Wildman–Crippen LogP) is 4.16. The first-order chi connectivity index (χ1) is 14.3. The molecule has 0 unspecified atom stereocenters. The number of benzene rings is 1. The number of carbonyl (C=O) groups is 1. The fourth-order valence-corrected chi connectivity index (χ4v) is 4.87. The van der Waals surface area contributed by atoms with E-state index in [4.69, 9.17) is 0 Å². The van der Waals surface area contributed by atoms with Crippen molar-refractivity contribution in [2.45, 2.75) is 38.6 Å². The van der Waals surface area contributed by atoms with Crippen LogP contribution < -0.4 is 15.5 Å². The Morgan fingerprint density at radius 3 is 2.76 bits per heavy atom. The molecule has 0 bridgehead atoms. The molecule has 1 aromatic carbocycles. The van der Waals surface area contributed by atoms with Gasteiger partial charge in [-0.3, -0.25) is 4.79 Å². The summed E-state index contributed by atoms with van der Waals surface area (Å²) in [5.41, 5.74) is 1.98. The van der Waals surface area contributed by atoms with E-state index in [1.807, 2.05) is 36.0 Å². The van der Waals surface area contributed by atoms with Crippen LogP contribution >= 0.6 is 11.8 Å². The highest BCUT2D eigenvalue weighted by Gasteiger charge is 2.21. The summed E-state index contributed by atoms with van der Waals surface area (Å²) in [6.45, 7) is 2.72. The maximum Gasteiger partial charge on any atom is 0.227 e. The van der Waals surface area contributed by atoms with Crippen molar-refractivity contribution in [3.63, 3.8) is 0 Å². The molecule has 0 spiro atoms. The second-order valence-electron chi connectivity index (χ2n) is 7.74. The molecule has 0 atom stereocenters. The van der Waals surface area contributed by atoms with Gasteiger partial charge in [-0.2, -0.15) is 11.8 Å². The molecule has 1 aromatic heterocycles. The van der Waals surface area contributed by atoms with Gasteiger partial charge in [-0.25, -0.2) is 9.97 Å². The number of hydrogen-bond acceptors (Lipinski definition) is 6. The number of carbonyl (C=O) groups excluding carboxylic acids is 1. The van der Waals surface area contributed by atoms with Crippen molar-refractivity contribution in [1.82, 2.24) is 9.97 Å². The average Bonchev–Trinajstić information content (AvgIpc) is 2.79. The molecule has 2 fully saturated rings. The smallest absolute Gasteiger partial charge is 0.227 e. The Balaban J connectivity index is 1.34. The second kappa shape index (κ2) is 9.96. The van der Waals surface area contributed by atoms with Crippen LogP contribution in [0.2, 0.25) is 0 Å². The summed E-state index contributed by atoms with van der Waals surface area (Å²) in [7, 11) is 0. The Morgan fingerprint density at radius 2 is 1.93 bits per heavy atom. The first kappa shape index (κ1) is 20.0. The van der Waals surface area contributed by atoms with Crippen LogP contribution in [0.3, 0.4) is 0 Å². The minimum Gasteiger partial charge on any atom is -0.366 e. The summed E-state index contributed by atoms with van der Waals surface area (Å²) in [4.78, 5) is 23.6. The molecular formula is C22H29N5OS. The number of anilines is 3. The Kier molecular flexibility index (Phi) is 6.87. The molecule has 6 nitrogen and oxygen atoms in total. The number of thioether (sulfide) groups is 1. The molecule has 1 saturated carbocycles. The van der Waals surface area contributed by atoms with Gasteiger partial charge >= 0.3 is 0 Å². The van der Waals surface area contributed by atoms with Crippen LogP contribution in [0.15, 0.2) is 36.7 Å². The Hall–Kier alpha value is -2.28. The van der Waals surface area contributed by atoms with E-state index in [1.54, 1.807) is 6.33 Å². The Morgan fingerprint density at radius 1 is 1.10 bits per heavy atom. The van der Waals surface area contributed by atoms with E-state index in [1.165, 1.54) is 19.3 Å². The third-order valence-electron chi connectivity index (χ3n) is 5.63. The predicted molar refractivity (Wildman–Crippen MR) is 121 cm³/mol. The van der Waals surface area contributed by atoms with E-state index in [2.05, 4.69) is 31.6 Å². The standard InChI is InChI=1S/C22H29N5OS/c28-22(18-6-2-1-3-7-18)26-19-8-4-5-17(13-19)15-23-20-14-21(25-16-24-20)27-9-11-29-12-10-27/h4-5,8,13-14,16,18H,1-3,6-7,9-12,15H2,(H,26,28)(H,23,24,25). The van der Waals surface area contributed by atoms with Gasteiger partial charge in [0, 0.05) is 48.8 Å². The minimum atomic E-state index is 0.162. The molecule has 4 rings (SSSR count). The lowest BCUT2D eigenvalue weighted by Gasteiger charge is -2.27. The molecule has 7 heteroatoms. The number of aromatic nitrogens is 2. The van der Waals surface area contributed by atoms with Gasteiger partial charge in [0.05, 0.1) is 0 Å². The first-order valence-electron chi connectivity index (χ1n) is 10.6. The third-order valence-corrected chi connectivity index (χ3v) is 6.57. The molecule has 2 aromatic rings. The van der Waals surface area contributed by atoms with Crippen LogP contribution in [0, 0.1) is 5.92 Å². The molecule has 1 aliphatic carbocycles. The van der Waals surface area contributed by atoms with Crippen molar-refractivity contribution in [1.29, 1.82) is 0 Å². The normalized spacial score (nSPS) is 17.7. The van der Waals surface area contributed by atoms with Crippen LogP contribution in [-0.4, -0.2) is 40.5 Å². The highest BCUT2D eigenvalue weighted by Crippen LogP contribution is 2.25. The maximum absolute atomic E-state index is 12.5. The van der Waals surface area contributed by atoms with Crippen molar-refractivity contribution >= 4 is 35.0 Å². The molecule has 1 aliphatic heterocycles. The lowest BCUT2D eigenvalue weighted by molar-refractivity contribution is -0.120. The zero-order valence-corrected chi connectivity index (χ0v) is 17.6.